The molecule has 1 aliphatic heterocycles. The second-order valence-corrected chi connectivity index (χ2v) is 8.24. The summed E-state index contributed by atoms with van der Waals surface area (Å²) in [5.74, 6) is 0.760. The number of methoxy groups -OCH3 is 1. The molecule has 1 amide bonds. The molecular formula is C23H22N4O4S. The number of carbonyl (C=O) groups is 1. The SMILES string of the molecule is COc1cccc(CNC(=O)C2=CNc3c(c(=O)n(Cc4ccccc4)c(=O)n3C)S2)c1. The molecule has 2 N–H and O–H groups in total. The Kier molecular flexibility index (Phi) is 6.18. The maximum atomic E-state index is 13.1. The van der Waals surface area contributed by atoms with E-state index in [4.69, 9.17) is 4.74 Å². The molecule has 0 saturated carbocycles. The topological polar surface area (TPSA) is 94.4 Å². The minimum atomic E-state index is -0.435. The van der Waals surface area contributed by atoms with E-state index in [0.717, 1.165) is 22.9 Å². The van der Waals surface area contributed by atoms with Crippen LogP contribution in [0.3, 0.4) is 0 Å². The average Bonchev–Trinajstić information content (AvgIpc) is 2.84. The quantitative estimate of drug-likeness (QED) is 0.599. The molecule has 0 saturated heterocycles. The number of nitrogens with one attached hydrogen (secondary N) is 2. The summed E-state index contributed by atoms with van der Waals surface area (Å²) in [7, 11) is 3.18. The smallest absolute Gasteiger partial charge is 0.332 e. The van der Waals surface area contributed by atoms with Crippen molar-refractivity contribution in [1.29, 1.82) is 0 Å². The van der Waals surface area contributed by atoms with Gasteiger partial charge in [-0.2, -0.15) is 0 Å². The maximum Gasteiger partial charge on any atom is 0.332 e. The molecule has 0 bridgehead atoms. The summed E-state index contributed by atoms with van der Waals surface area (Å²) < 4.78 is 7.77. The molecule has 32 heavy (non-hydrogen) atoms. The van der Waals surface area contributed by atoms with E-state index in [2.05, 4.69) is 10.6 Å². The standard InChI is InChI=1S/C23H22N4O4S/c1-26-20-19(22(29)27(23(26)30)14-15-7-4-3-5-8-15)32-18(13-24-20)21(28)25-12-16-9-6-10-17(11-16)31-2/h3-11,13,24H,12,14H2,1-2H3,(H,25,28). The molecule has 9 heteroatoms. The van der Waals surface area contributed by atoms with Gasteiger partial charge < -0.3 is 15.4 Å². The molecule has 0 unspecified atom stereocenters. The highest BCUT2D eigenvalue weighted by Gasteiger charge is 2.25. The Morgan fingerprint density at radius 2 is 1.84 bits per heavy atom. The zero-order chi connectivity index (χ0) is 22.7. The lowest BCUT2D eigenvalue weighted by molar-refractivity contribution is -0.117. The number of hydrogen-bond donors (Lipinski definition) is 2. The number of hydrogen-bond acceptors (Lipinski definition) is 6. The number of ether oxygens (including phenoxy) is 1. The molecule has 0 atom stereocenters. The molecule has 164 valence electrons. The van der Waals surface area contributed by atoms with Crippen LogP contribution >= 0.6 is 11.8 Å². The molecular weight excluding hydrogens is 428 g/mol. The van der Waals surface area contributed by atoms with Gasteiger partial charge in [-0.3, -0.25) is 18.7 Å². The van der Waals surface area contributed by atoms with Crippen LogP contribution < -0.4 is 26.6 Å². The lowest BCUT2D eigenvalue weighted by Crippen LogP contribution is -2.41. The zero-order valence-electron chi connectivity index (χ0n) is 17.6. The first-order valence-electron chi connectivity index (χ1n) is 9.91. The minimum absolute atomic E-state index is 0.154. The van der Waals surface area contributed by atoms with Gasteiger partial charge in [0.25, 0.3) is 11.5 Å². The Bertz CT molecular complexity index is 1310. The van der Waals surface area contributed by atoms with Crippen molar-refractivity contribution in [2.24, 2.45) is 7.05 Å². The van der Waals surface area contributed by atoms with Crippen LogP contribution in [0.4, 0.5) is 5.82 Å². The summed E-state index contributed by atoms with van der Waals surface area (Å²) in [6.07, 6.45) is 1.51. The van der Waals surface area contributed by atoms with Crippen molar-refractivity contribution in [1.82, 2.24) is 14.5 Å². The van der Waals surface area contributed by atoms with Crippen LogP contribution in [0, 0.1) is 0 Å². The molecule has 4 rings (SSSR count). The Morgan fingerprint density at radius 3 is 2.59 bits per heavy atom. The van der Waals surface area contributed by atoms with Crippen LogP contribution in [-0.2, 0) is 24.9 Å². The van der Waals surface area contributed by atoms with E-state index in [1.807, 2.05) is 54.6 Å². The molecule has 0 spiro atoms. The van der Waals surface area contributed by atoms with Gasteiger partial charge in [-0.25, -0.2) is 4.79 Å². The van der Waals surface area contributed by atoms with Crippen molar-refractivity contribution in [3.05, 3.63) is 97.7 Å². The zero-order valence-corrected chi connectivity index (χ0v) is 18.4. The van der Waals surface area contributed by atoms with Gasteiger partial charge in [-0.1, -0.05) is 54.2 Å². The highest BCUT2D eigenvalue weighted by atomic mass is 32.2. The Labute approximate surface area is 188 Å². The van der Waals surface area contributed by atoms with Gasteiger partial charge in [0.05, 0.1) is 18.6 Å². The fourth-order valence-electron chi connectivity index (χ4n) is 3.34. The van der Waals surface area contributed by atoms with Crippen LogP contribution in [0.15, 0.2) is 80.2 Å². The third-order valence-electron chi connectivity index (χ3n) is 5.05. The summed E-state index contributed by atoms with van der Waals surface area (Å²) in [6.45, 7) is 0.466. The number of amides is 1. The molecule has 1 aliphatic rings. The number of thioether (sulfide) groups is 1. The van der Waals surface area contributed by atoms with Gasteiger partial charge in [0.2, 0.25) is 0 Å². The molecule has 0 radical (unpaired) electrons. The largest absolute Gasteiger partial charge is 0.497 e. The summed E-state index contributed by atoms with van der Waals surface area (Å²) in [5, 5.41) is 5.79. The van der Waals surface area contributed by atoms with E-state index in [-0.39, 0.29) is 12.5 Å². The molecule has 2 aromatic carbocycles. The van der Waals surface area contributed by atoms with Crippen LogP contribution in [0.2, 0.25) is 0 Å². The average molecular weight is 451 g/mol. The molecule has 0 fully saturated rings. The lowest BCUT2D eigenvalue weighted by Gasteiger charge is -2.21. The van der Waals surface area contributed by atoms with Gasteiger partial charge in [0, 0.05) is 19.8 Å². The molecule has 0 aliphatic carbocycles. The number of aromatic nitrogens is 2. The summed E-state index contributed by atoms with van der Waals surface area (Å²) in [4.78, 5) is 39.2. The van der Waals surface area contributed by atoms with E-state index in [9.17, 15) is 14.4 Å². The van der Waals surface area contributed by atoms with E-state index < -0.39 is 11.2 Å². The number of carbonyl (C=O) groups excluding carboxylic acids is 1. The van der Waals surface area contributed by atoms with Crippen LogP contribution in [0.1, 0.15) is 11.1 Å². The van der Waals surface area contributed by atoms with Crippen molar-refractivity contribution in [3.8, 4) is 5.75 Å². The normalized spacial score (nSPS) is 12.4. The van der Waals surface area contributed by atoms with Crippen molar-refractivity contribution >= 4 is 23.5 Å². The third-order valence-corrected chi connectivity index (χ3v) is 6.15. The van der Waals surface area contributed by atoms with Crippen molar-refractivity contribution in [2.45, 2.75) is 18.0 Å². The van der Waals surface area contributed by atoms with E-state index in [1.54, 1.807) is 14.2 Å². The van der Waals surface area contributed by atoms with Crippen LogP contribution in [0.25, 0.3) is 0 Å². The predicted octanol–water partition coefficient (Wildman–Crippen LogP) is 2.28. The van der Waals surface area contributed by atoms with Gasteiger partial charge in [-0.15, -0.1) is 0 Å². The number of nitrogens with zero attached hydrogens (tertiary/aromatic N) is 2. The fourth-order valence-corrected chi connectivity index (χ4v) is 4.33. The van der Waals surface area contributed by atoms with Crippen LogP contribution in [0.5, 0.6) is 5.75 Å². The predicted molar refractivity (Wildman–Crippen MR) is 124 cm³/mol. The maximum absolute atomic E-state index is 13.1. The summed E-state index contributed by atoms with van der Waals surface area (Å²) in [5.41, 5.74) is 0.868. The summed E-state index contributed by atoms with van der Waals surface area (Å²) in [6, 6.07) is 16.7. The van der Waals surface area contributed by atoms with Crippen molar-refractivity contribution < 1.29 is 9.53 Å². The Balaban J connectivity index is 1.55. The van der Waals surface area contributed by atoms with E-state index >= 15 is 0 Å². The van der Waals surface area contributed by atoms with Gasteiger partial charge >= 0.3 is 5.69 Å². The highest BCUT2D eigenvalue weighted by Crippen LogP contribution is 2.33. The molecule has 2 heterocycles. The van der Waals surface area contributed by atoms with E-state index in [1.165, 1.54) is 15.3 Å². The second-order valence-electron chi connectivity index (χ2n) is 7.19. The number of anilines is 1. The fraction of sp³-hybridized carbons (Fsp3) is 0.174. The first kappa shape index (κ1) is 21.5. The lowest BCUT2D eigenvalue weighted by atomic mass is 10.2. The number of fused-ring (bicyclic) bond motifs is 1. The molecule has 8 nitrogen and oxygen atoms in total. The minimum Gasteiger partial charge on any atom is -0.497 e. The number of rotatable bonds is 6. The third kappa shape index (κ3) is 4.33. The molecule has 3 aromatic rings. The second kappa shape index (κ2) is 9.19. The van der Waals surface area contributed by atoms with Crippen molar-refractivity contribution in [3.63, 3.8) is 0 Å². The van der Waals surface area contributed by atoms with Gasteiger partial charge in [-0.05, 0) is 23.3 Å². The van der Waals surface area contributed by atoms with E-state index in [0.29, 0.717) is 27.9 Å². The molecule has 1 aromatic heterocycles. The Hall–Kier alpha value is -3.72. The Morgan fingerprint density at radius 1 is 1.09 bits per heavy atom. The highest BCUT2D eigenvalue weighted by molar-refractivity contribution is 8.04. The summed E-state index contributed by atoms with van der Waals surface area (Å²) >= 11 is 1.05. The van der Waals surface area contributed by atoms with Crippen LogP contribution in [-0.4, -0.2) is 22.2 Å². The number of benzene rings is 2. The first-order chi connectivity index (χ1) is 15.5. The first-order valence-corrected chi connectivity index (χ1v) is 10.7. The van der Waals surface area contributed by atoms with Gasteiger partial charge in [0.1, 0.15) is 16.5 Å². The van der Waals surface area contributed by atoms with Gasteiger partial charge in [0.15, 0.2) is 0 Å². The van der Waals surface area contributed by atoms with Crippen molar-refractivity contribution in [2.75, 3.05) is 12.4 Å². The monoisotopic (exact) mass is 450 g/mol.